The molecule has 0 aliphatic carbocycles. The van der Waals surface area contributed by atoms with Gasteiger partial charge in [0.15, 0.2) is 0 Å². The smallest absolute Gasteiger partial charge is 0.264 e. The number of nitrogens with zero attached hydrogens (tertiary/aromatic N) is 1. The molecule has 0 unspecified atom stereocenters. The number of hydrogen-bond acceptors (Lipinski definition) is 3. The summed E-state index contributed by atoms with van der Waals surface area (Å²) in [5.41, 5.74) is 0. The van der Waals surface area contributed by atoms with E-state index in [0.29, 0.717) is 13.1 Å². The van der Waals surface area contributed by atoms with Crippen molar-refractivity contribution in [2.45, 2.75) is 0 Å². The summed E-state index contributed by atoms with van der Waals surface area (Å²) in [6.45, 7) is 1.51. The number of likely N-dealkylation sites (tertiary alicyclic amines) is 1. The van der Waals surface area contributed by atoms with Crippen LogP contribution in [0.1, 0.15) is 9.67 Å². The summed E-state index contributed by atoms with van der Waals surface area (Å²) in [5.74, 6) is 0.317. The van der Waals surface area contributed by atoms with Crippen molar-refractivity contribution < 1.29 is 9.90 Å². The highest BCUT2D eigenvalue weighted by Gasteiger charge is 2.31. The van der Waals surface area contributed by atoms with E-state index in [9.17, 15) is 4.79 Å². The Balaban J connectivity index is 2.03. The van der Waals surface area contributed by atoms with Crippen molar-refractivity contribution in [2.75, 3.05) is 19.7 Å². The maximum absolute atomic E-state index is 11.9. The highest BCUT2D eigenvalue weighted by Crippen LogP contribution is 2.33. The summed E-state index contributed by atoms with van der Waals surface area (Å²) in [4.78, 5) is 14.3. The quantitative estimate of drug-likeness (QED) is 0.885. The maximum atomic E-state index is 11.9. The number of carbonyl (C=O) groups excluding carboxylic acids is 1. The second-order valence-corrected chi connectivity index (χ2v) is 6.72. The number of hydrogen-bond donors (Lipinski definition) is 1. The van der Waals surface area contributed by atoms with Crippen molar-refractivity contribution in [1.29, 1.82) is 0 Å². The first-order valence-electron chi connectivity index (χ1n) is 4.46. The van der Waals surface area contributed by atoms with Crippen molar-refractivity contribution in [2.24, 2.45) is 5.92 Å². The van der Waals surface area contributed by atoms with Gasteiger partial charge in [-0.3, -0.25) is 4.79 Å². The monoisotopic (exact) mass is 353 g/mol. The minimum atomic E-state index is 0.0519. The summed E-state index contributed by atoms with van der Waals surface area (Å²) in [7, 11) is 0. The maximum Gasteiger partial charge on any atom is 0.264 e. The van der Waals surface area contributed by atoms with Crippen LogP contribution in [0.25, 0.3) is 0 Å². The highest BCUT2D eigenvalue weighted by atomic mass is 79.9. The van der Waals surface area contributed by atoms with Crippen molar-refractivity contribution in [3.8, 4) is 0 Å². The molecule has 1 fully saturated rings. The zero-order valence-electron chi connectivity index (χ0n) is 7.74. The number of thiophene rings is 1. The Labute approximate surface area is 108 Å². The lowest BCUT2D eigenvalue weighted by Crippen LogP contribution is -2.51. The van der Waals surface area contributed by atoms with Crippen LogP contribution >= 0.6 is 43.2 Å². The Kier molecular flexibility index (Phi) is 3.49. The van der Waals surface area contributed by atoms with Gasteiger partial charge in [0.25, 0.3) is 5.91 Å². The summed E-state index contributed by atoms with van der Waals surface area (Å²) in [5, 5.41) is 8.85. The third-order valence-corrected chi connectivity index (χ3v) is 5.60. The van der Waals surface area contributed by atoms with Gasteiger partial charge in [0, 0.05) is 30.1 Å². The van der Waals surface area contributed by atoms with E-state index >= 15 is 0 Å². The molecule has 0 aromatic carbocycles. The van der Waals surface area contributed by atoms with Crippen LogP contribution in [0.15, 0.2) is 14.3 Å². The molecule has 1 aromatic heterocycles. The summed E-state index contributed by atoms with van der Waals surface area (Å²) in [6, 6.07) is 1.82. The summed E-state index contributed by atoms with van der Waals surface area (Å²) < 4.78 is 1.85. The predicted octanol–water partition coefficient (Wildman–Crippen LogP) is 2.34. The molecule has 2 rings (SSSR count). The van der Waals surface area contributed by atoms with Crippen LogP contribution < -0.4 is 0 Å². The van der Waals surface area contributed by atoms with E-state index in [0.717, 1.165) is 13.1 Å². The average molecular weight is 355 g/mol. The molecule has 3 nitrogen and oxygen atoms in total. The third-order valence-electron chi connectivity index (χ3n) is 2.36. The van der Waals surface area contributed by atoms with E-state index in [1.165, 1.54) is 11.3 Å². The molecule has 1 amide bonds. The Hall–Kier alpha value is 0.0900. The average Bonchev–Trinajstić information content (AvgIpc) is 2.45. The molecule has 82 valence electrons. The van der Waals surface area contributed by atoms with Crippen LogP contribution in [0.2, 0.25) is 0 Å². The Bertz CT molecular complexity index is 368. The third kappa shape index (κ3) is 2.27. The largest absolute Gasteiger partial charge is 0.396 e. The fourth-order valence-corrected chi connectivity index (χ4v) is 3.46. The van der Waals surface area contributed by atoms with Crippen molar-refractivity contribution >= 4 is 49.1 Å². The fourth-order valence-electron chi connectivity index (χ4n) is 1.46. The standard InChI is InChI=1S/C9H9Br2NO2S/c10-6-1-7(15-8(6)11)9(14)12-2-5(3-12)4-13/h1,5,13H,2-4H2. The minimum Gasteiger partial charge on any atom is -0.396 e. The van der Waals surface area contributed by atoms with E-state index in [1.807, 2.05) is 6.07 Å². The first kappa shape index (κ1) is 11.6. The van der Waals surface area contributed by atoms with Gasteiger partial charge in [0.2, 0.25) is 0 Å². The Morgan fingerprint density at radius 3 is 2.73 bits per heavy atom. The molecule has 1 aliphatic heterocycles. The van der Waals surface area contributed by atoms with Crippen molar-refractivity contribution in [3.05, 3.63) is 19.2 Å². The number of aliphatic hydroxyl groups excluding tert-OH is 1. The molecule has 1 aliphatic rings. The molecular formula is C9H9Br2NO2S. The molecular weight excluding hydrogens is 346 g/mol. The van der Waals surface area contributed by atoms with Crippen LogP contribution in [0, 0.1) is 5.92 Å². The SMILES string of the molecule is O=C(c1cc(Br)c(Br)s1)N1CC(CO)C1. The van der Waals surface area contributed by atoms with E-state index < -0.39 is 0 Å². The first-order chi connectivity index (χ1) is 7.11. The van der Waals surface area contributed by atoms with E-state index in [2.05, 4.69) is 31.9 Å². The Morgan fingerprint density at radius 1 is 1.60 bits per heavy atom. The van der Waals surface area contributed by atoms with Gasteiger partial charge in [-0.15, -0.1) is 11.3 Å². The van der Waals surface area contributed by atoms with Crippen LogP contribution in [0.4, 0.5) is 0 Å². The first-order valence-corrected chi connectivity index (χ1v) is 6.87. The molecule has 2 heterocycles. The lowest BCUT2D eigenvalue weighted by atomic mass is 10.0. The second kappa shape index (κ2) is 4.53. The van der Waals surface area contributed by atoms with Crippen LogP contribution in [-0.4, -0.2) is 35.6 Å². The van der Waals surface area contributed by atoms with E-state index in [1.54, 1.807) is 4.90 Å². The Morgan fingerprint density at radius 2 is 2.27 bits per heavy atom. The predicted molar refractivity (Wildman–Crippen MR) is 66.2 cm³/mol. The van der Waals surface area contributed by atoms with Gasteiger partial charge < -0.3 is 10.0 Å². The van der Waals surface area contributed by atoms with Gasteiger partial charge in [0.1, 0.15) is 0 Å². The lowest BCUT2D eigenvalue weighted by molar-refractivity contribution is 0.0366. The highest BCUT2D eigenvalue weighted by molar-refractivity contribution is 9.13. The zero-order chi connectivity index (χ0) is 11.0. The second-order valence-electron chi connectivity index (χ2n) is 3.49. The molecule has 0 radical (unpaired) electrons. The van der Waals surface area contributed by atoms with Crippen LogP contribution in [0.3, 0.4) is 0 Å². The van der Waals surface area contributed by atoms with Gasteiger partial charge in [-0.2, -0.15) is 0 Å². The van der Waals surface area contributed by atoms with Gasteiger partial charge in [-0.1, -0.05) is 0 Å². The van der Waals surface area contributed by atoms with Gasteiger partial charge in [0.05, 0.1) is 8.66 Å². The van der Waals surface area contributed by atoms with Crippen molar-refractivity contribution in [3.63, 3.8) is 0 Å². The zero-order valence-corrected chi connectivity index (χ0v) is 11.7. The molecule has 1 N–H and O–H groups in total. The van der Waals surface area contributed by atoms with Gasteiger partial charge in [-0.05, 0) is 37.9 Å². The molecule has 6 heteroatoms. The van der Waals surface area contributed by atoms with E-state index in [4.69, 9.17) is 5.11 Å². The number of carbonyl (C=O) groups is 1. The molecule has 1 aromatic rings. The number of halogens is 2. The number of rotatable bonds is 2. The van der Waals surface area contributed by atoms with Crippen LogP contribution in [0.5, 0.6) is 0 Å². The number of aliphatic hydroxyl groups is 1. The van der Waals surface area contributed by atoms with E-state index in [-0.39, 0.29) is 18.4 Å². The topological polar surface area (TPSA) is 40.5 Å². The normalized spacial score (nSPS) is 16.6. The van der Waals surface area contributed by atoms with Crippen LogP contribution in [-0.2, 0) is 0 Å². The molecule has 0 spiro atoms. The molecule has 0 atom stereocenters. The summed E-state index contributed by atoms with van der Waals surface area (Å²) in [6.07, 6.45) is 0. The molecule has 0 bridgehead atoms. The molecule has 0 saturated carbocycles. The van der Waals surface area contributed by atoms with Gasteiger partial charge >= 0.3 is 0 Å². The lowest BCUT2D eigenvalue weighted by Gasteiger charge is -2.37. The molecule has 1 saturated heterocycles. The van der Waals surface area contributed by atoms with Gasteiger partial charge in [-0.25, -0.2) is 0 Å². The number of amides is 1. The van der Waals surface area contributed by atoms with Crippen molar-refractivity contribution in [1.82, 2.24) is 4.90 Å². The summed E-state index contributed by atoms with van der Waals surface area (Å²) >= 11 is 8.14. The molecule has 15 heavy (non-hydrogen) atoms. The minimum absolute atomic E-state index is 0.0519. The fraction of sp³-hybridized carbons (Fsp3) is 0.444.